The summed E-state index contributed by atoms with van der Waals surface area (Å²) in [5, 5.41) is 4.11. The maximum absolute atomic E-state index is 12.6. The van der Waals surface area contributed by atoms with Crippen LogP contribution in [0.5, 0.6) is 0 Å². The molecule has 1 unspecified atom stereocenters. The number of carbonyl (C=O) groups excluding carboxylic acids is 1. The molecule has 0 spiro atoms. The van der Waals surface area contributed by atoms with Crippen molar-refractivity contribution in [3.05, 3.63) is 42.4 Å². The summed E-state index contributed by atoms with van der Waals surface area (Å²) in [4.78, 5) is 16.1. The largest absolute Gasteiger partial charge is 0.466 e. The summed E-state index contributed by atoms with van der Waals surface area (Å²) in [6.45, 7) is 2.69. The fraction of sp³-hybridized carbons (Fsp3) is 0.471. The van der Waals surface area contributed by atoms with Crippen molar-refractivity contribution in [3.63, 3.8) is 0 Å². The van der Waals surface area contributed by atoms with Crippen molar-refractivity contribution >= 4 is 16.2 Å². The van der Waals surface area contributed by atoms with E-state index in [0.717, 1.165) is 5.56 Å². The summed E-state index contributed by atoms with van der Waals surface area (Å²) < 4.78 is 35.8. The predicted octanol–water partition coefficient (Wildman–Crippen LogP) is 0.877. The van der Waals surface area contributed by atoms with Gasteiger partial charge in [-0.2, -0.15) is 22.5 Å². The minimum atomic E-state index is -3.70. The second kappa shape index (κ2) is 8.59. The third-order valence-corrected chi connectivity index (χ3v) is 5.87. The Labute approximate surface area is 158 Å². The molecule has 0 saturated carbocycles. The van der Waals surface area contributed by atoms with E-state index in [9.17, 15) is 13.2 Å². The van der Waals surface area contributed by atoms with Crippen LogP contribution >= 0.6 is 0 Å². The van der Waals surface area contributed by atoms with Gasteiger partial charge in [0.1, 0.15) is 0 Å². The number of piperidine rings is 1. The van der Waals surface area contributed by atoms with Crippen LogP contribution in [0.25, 0.3) is 5.82 Å². The highest BCUT2D eigenvalue weighted by Gasteiger charge is 2.32. The van der Waals surface area contributed by atoms with E-state index in [1.807, 2.05) is 0 Å². The first-order valence-corrected chi connectivity index (χ1v) is 10.3. The Hall–Kier alpha value is -2.30. The predicted molar refractivity (Wildman–Crippen MR) is 98.0 cm³/mol. The zero-order valence-electron chi connectivity index (χ0n) is 15.1. The molecule has 3 rings (SSSR count). The quantitative estimate of drug-likeness (QED) is 0.700. The van der Waals surface area contributed by atoms with E-state index >= 15 is 0 Å². The highest BCUT2D eigenvalue weighted by molar-refractivity contribution is 7.87. The zero-order valence-corrected chi connectivity index (χ0v) is 15.9. The Balaban J connectivity index is 1.63. The van der Waals surface area contributed by atoms with Gasteiger partial charge in [-0.25, -0.2) is 9.67 Å². The molecule has 1 atom stereocenters. The molecule has 27 heavy (non-hydrogen) atoms. The molecule has 0 aromatic carbocycles. The number of hydrogen-bond donors (Lipinski definition) is 1. The normalized spacial score (nSPS) is 18.3. The van der Waals surface area contributed by atoms with Crippen molar-refractivity contribution in [3.8, 4) is 5.82 Å². The molecule has 10 heteroatoms. The number of pyridine rings is 1. The third kappa shape index (κ3) is 4.90. The van der Waals surface area contributed by atoms with Crippen LogP contribution < -0.4 is 4.72 Å². The molecule has 0 radical (unpaired) electrons. The van der Waals surface area contributed by atoms with Crippen molar-refractivity contribution in [2.45, 2.75) is 26.3 Å². The average molecular weight is 393 g/mol. The van der Waals surface area contributed by atoms with Crippen molar-refractivity contribution in [2.24, 2.45) is 5.92 Å². The number of ether oxygens (including phenoxy) is 1. The third-order valence-electron chi connectivity index (χ3n) is 4.35. The molecule has 0 aliphatic carbocycles. The summed E-state index contributed by atoms with van der Waals surface area (Å²) in [6.07, 6.45) is 6.29. The van der Waals surface area contributed by atoms with E-state index in [2.05, 4.69) is 14.8 Å². The number of hydrogen-bond acceptors (Lipinski definition) is 6. The van der Waals surface area contributed by atoms with Crippen molar-refractivity contribution in [2.75, 3.05) is 19.7 Å². The Morgan fingerprint density at radius 2 is 2.26 bits per heavy atom. The molecule has 1 fully saturated rings. The van der Waals surface area contributed by atoms with Crippen molar-refractivity contribution < 1.29 is 17.9 Å². The van der Waals surface area contributed by atoms with Crippen molar-refractivity contribution in [1.29, 1.82) is 0 Å². The van der Waals surface area contributed by atoms with Crippen LogP contribution in [0.2, 0.25) is 0 Å². The lowest BCUT2D eigenvalue weighted by Gasteiger charge is -2.30. The van der Waals surface area contributed by atoms with Gasteiger partial charge in [0, 0.05) is 38.2 Å². The van der Waals surface area contributed by atoms with Gasteiger partial charge in [0.05, 0.1) is 12.5 Å². The molecule has 2 aromatic heterocycles. The lowest BCUT2D eigenvalue weighted by Crippen LogP contribution is -2.47. The molecule has 0 amide bonds. The van der Waals surface area contributed by atoms with Gasteiger partial charge in [0.15, 0.2) is 5.82 Å². The summed E-state index contributed by atoms with van der Waals surface area (Å²) in [5.74, 6) is -0.143. The first-order valence-electron chi connectivity index (χ1n) is 8.86. The highest BCUT2D eigenvalue weighted by atomic mass is 32.2. The van der Waals surface area contributed by atoms with Gasteiger partial charge < -0.3 is 4.74 Å². The SMILES string of the molecule is CCOC(=O)C1CCCN(S(=O)(=O)NCc2ccnc(-n3cccn3)c2)C1. The molecule has 1 aliphatic rings. The smallest absolute Gasteiger partial charge is 0.310 e. The standard InChI is InChI=1S/C17H23N5O4S/c1-2-26-17(23)15-5-3-9-21(13-15)27(24,25)20-12-14-6-8-18-16(11-14)22-10-4-7-19-22/h4,6-8,10-11,15,20H,2-3,5,9,12-13H2,1H3. The van der Waals surface area contributed by atoms with E-state index in [4.69, 9.17) is 4.74 Å². The number of carbonyl (C=O) groups is 1. The Morgan fingerprint density at radius 1 is 1.41 bits per heavy atom. The van der Waals surface area contributed by atoms with E-state index in [1.165, 1.54) is 4.31 Å². The zero-order chi connectivity index (χ0) is 19.3. The van der Waals surface area contributed by atoms with Crippen LogP contribution in [0.3, 0.4) is 0 Å². The van der Waals surface area contributed by atoms with Crippen LogP contribution in [0, 0.1) is 5.92 Å². The summed E-state index contributed by atoms with van der Waals surface area (Å²) >= 11 is 0. The molecule has 146 valence electrons. The van der Waals surface area contributed by atoms with E-state index in [0.29, 0.717) is 31.8 Å². The maximum atomic E-state index is 12.6. The fourth-order valence-corrected chi connectivity index (χ4v) is 4.26. The van der Waals surface area contributed by atoms with Crippen LogP contribution in [0.15, 0.2) is 36.8 Å². The summed E-state index contributed by atoms with van der Waals surface area (Å²) in [5.41, 5.74) is 0.762. The Morgan fingerprint density at radius 3 is 3.00 bits per heavy atom. The molecule has 0 bridgehead atoms. The average Bonchev–Trinajstić information content (AvgIpc) is 3.22. The molecular weight excluding hydrogens is 370 g/mol. The van der Waals surface area contributed by atoms with Crippen LogP contribution in [-0.4, -0.2) is 53.2 Å². The minimum absolute atomic E-state index is 0.125. The monoisotopic (exact) mass is 393 g/mol. The molecule has 3 heterocycles. The first-order chi connectivity index (χ1) is 13.0. The highest BCUT2D eigenvalue weighted by Crippen LogP contribution is 2.20. The molecule has 2 aromatic rings. The second-order valence-corrected chi connectivity index (χ2v) is 8.00. The first kappa shape index (κ1) is 19.5. The van der Waals surface area contributed by atoms with Gasteiger partial charge in [-0.3, -0.25) is 4.79 Å². The number of nitrogens with one attached hydrogen (secondary N) is 1. The van der Waals surface area contributed by atoms with E-state index < -0.39 is 16.1 Å². The van der Waals surface area contributed by atoms with Crippen molar-refractivity contribution in [1.82, 2.24) is 23.8 Å². The molecule has 1 N–H and O–H groups in total. The maximum Gasteiger partial charge on any atom is 0.310 e. The number of esters is 1. The van der Waals surface area contributed by atoms with Gasteiger partial charge in [0.2, 0.25) is 0 Å². The van der Waals surface area contributed by atoms with Gasteiger partial charge in [-0.05, 0) is 43.5 Å². The van der Waals surface area contributed by atoms with Gasteiger partial charge >= 0.3 is 5.97 Å². The van der Waals surface area contributed by atoms with Crippen LogP contribution in [-0.2, 0) is 26.3 Å². The Bertz CT molecular complexity index is 869. The number of nitrogens with zero attached hydrogens (tertiary/aromatic N) is 4. The molecule has 1 aliphatic heterocycles. The minimum Gasteiger partial charge on any atom is -0.466 e. The van der Waals surface area contributed by atoms with Crippen LogP contribution in [0.4, 0.5) is 0 Å². The van der Waals surface area contributed by atoms with Gasteiger partial charge in [0.25, 0.3) is 10.2 Å². The fourth-order valence-electron chi connectivity index (χ4n) is 2.98. The summed E-state index contributed by atoms with van der Waals surface area (Å²) in [6, 6.07) is 5.30. The van der Waals surface area contributed by atoms with Crippen LogP contribution in [0.1, 0.15) is 25.3 Å². The lowest BCUT2D eigenvalue weighted by atomic mass is 10.0. The van der Waals surface area contributed by atoms with Gasteiger partial charge in [-0.15, -0.1) is 0 Å². The van der Waals surface area contributed by atoms with Gasteiger partial charge in [-0.1, -0.05) is 0 Å². The topological polar surface area (TPSA) is 106 Å². The van der Waals surface area contributed by atoms with E-state index in [1.54, 1.807) is 48.4 Å². The molecule has 9 nitrogen and oxygen atoms in total. The summed E-state index contributed by atoms with van der Waals surface area (Å²) in [7, 11) is -3.70. The number of rotatable bonds is 7. The van der Waals surface area contributed by atoms with E-state index in [-0.39, 0.29) is 19.1 Å². The molecular formula is C17H23N5O4S. The molecule has 1 saturated heterocycles. The second-order valence-electron chi connectivity index (χ2n) is 6.25. The number of aromatic nitrogens is 3. The lowest BCUT2D eigenvalue weighted by molar-refractivity contribution is -0.149. The Kier molecular flexibility index (Phi) is 6.19.